The van der Waals surface area contributed by atoms with Gasteiger partial charge in [0.15, 0.2) is 11.5 Å². The minimum Gasteiger partial charge on any atom is -0.490 e. The summed E-state index contributed by atoms with van der Waals surface area (Å²) in [6.45, 7) is 5.11. The van der Waals surface area contributed by atoms with Crippen molar-refractivity contribution in [2.24, 2.45) is 0 Å². The fraction of sp³-hybridized carbons (Fsp3) is 0.240. The van der Waals surface area contributed by atoms with Crippen molar-refractivity contribution in [3.63, 3.8) is 0 Å². The van der Waals surface area contributed by atoms with E-state index in [0.29, 0.717) is 47.7 Å². The highest BCUT2D eigenvalue weighted by atomic mass is 32.2. The van der Waals surface area contributed by atoms with E-state index in [9.17, 15) is 8.42 Å². The lowest BCUT2D eigenvalue weighted by Gasteiger charge is -2.13. The van der Waals surface area contributed by atoms with Gasteiger partial charge in [-0.05, 0) is 78.7 Å². The van der Waals surface area contributed by atoms with Gasteiger partial charge >= 0.3 is 0 Å². The fourth-order valence-corrected chi connectivity index (χ4v) is 5.06. The zero-order valence-electron chi connectivity index (χ0n) is 19.8. The van der Waals surface area contributed by atoms with Crippen LogP contribution in [0.2, 0.25) is 0 Å². The minimum atomic E-state index is -3.73. The molecule has 0 atom stereocenters. The van der Waals surface area contributed by atoms with Crippen molar-refractivity contribution in [1.82, 2.24) is 24.9 Å². The van der Waals surface area contributed by atoms with Crippen LogP contribution in [0.4, 0.5) is 0 Å². The number of nitrogens with one attached hydrogen (secondary N) is 1. The number of rotatable bonds is 10. The largest absolute Gasteiger partial charge is 0.490 e. The summed E-state index contributed by atoms with van der Waals surface area (Å²) in [5, 5.41) is 12.7. The Balaban J connectivity index is 1.34. The highest BCUT2D eigenvalue weighted by Gasteiger charge is 2.17. The number of benzene rings is 3. The number of nitrogens with zero attached hydrogens (tertiary/aromatic N) is 4. The van der Waals surface area contributed by atoms with Gasteiger partial charge in [-0.2, -0.15) is 0 Å². The molecule has 0 radical (unpaired) electrons. The molecule has 1 N–H and O–H groups in total. The molecule has 0 aliphatic carbocycles. The number of aromatic nitrogens is 4. The van der Waals surface area contributed by atoms with Crippen LogP contribution in [0.1, 0.15) is 19.4 Å². The number of tetrazole rings is 1. The van der Waals surface area contributed by atoms with Gasteiger partial charge in [0.2, 0.25) is 10.0 Å². The highest BCUT2D eigenvalue weighted by molar-refractivity contribution is 7.89. The van der Waals surface area contributed by atoms with E-state index in [1.165, 1.54) is 11.0 Å². The molecule has 0 saturated carbocycles. The Kier molecular flexibility index (Phi) is 6.57. The normalized spacial score (nSPS) is 11.8. The maximum Gasteiger partial charge on any atom is 0.240 e. The van der Waals surface area contributed by atoms with Gasteiger partial charge in [0.05, 0.1) is 23.8 Å². The van der Waals surface area contributed by atoms with Gasteiger partial charge in [-0.25, -0.2) is 17.8 Å². The van der Waals surface area contributed by atoms with E-state index < -0.39 is 10.0 Å². The van der Waals surface area contributed by atoms with E-state index in [4.69, 9.17) is 13.9 Å². The molecular weight excluding hydrogens is 482 g/mol. The molecule has 2 aromatic heterocycles. The molecule has 0 fully saturated rings. The first-order valence-corrected chi connectivity index (χ1v) is 13.0. The molecule has 3 aromatic carbocycles. The van der Waals surface area contributed by atoms with Crippen molar-refractivity contribution < 1.29 is 22.3 Å². The van der Waals surface area contributed by atoms with Gasteiger partial charge in [-0.15, -0.1) is 5.10 Å². The second-order valence-corrected chi connectivity index (χ2v) is 9.76. The van der Waals surface area contributed by atoms with Gasteiger partial charge < -0.3 is 13.9 Å². The molecule has 10 nitrogen and oxygen atoms in total. The third kappa shape index (κ3) is 4.75. The second kappa shape index (κ2) is 9.96. The monoisotopic (exact) mass is 507 g/mol. The quantitative estimate of drug-likeness (QED) is 0.302. The fourth-order valence-electron chi connectivity index (χ4n) is 4.00. The summed E-state index contributed by atoms with van der Waals surface area (Å²) in [7, 11) is -3.73. The molecule has 0 aliphatic rings. The summed E-state index contributed by atoms with van der Waals surface area (Å²) in [5.74, 6) is 1.33. The number of hydrogen-bond donors (Lipinski definition) is 1. The summed E-state index contributed by atoms with van der Waals surface area (Å²) in [6.07, 6.45) is 1.99. The molecule has 0 saturated heterocycles. The molecule has 5 aromatic rings. The van der Waals surface area contributed by atoms with Crippen molar-refractivity contribution >= 4 is 32.0 Å². The molecule has 2 heterocycles. The smallest absolute Gasteiger partial charge is 0.240 e. The average Bonchev–Trinajstić information content (AvgIpc) is 3.53. The third-order valence-electron chi connectivity index (χ3n) is 5.66. The summed E-state index contributed by atoms with van der Waals surface area (Å²) < 4.78 is 47.5. The van der Waals surface area contributed by atoms with Gasteiger partial charge in [-0.3, -0.25) is 0 Å². The van der Waals surface area contributed by atoms with Crippen LogP contribution in [0.15, 0.2) is 70.2 Å². The van der Waals surface area contributed by atoms with E-state index in [2.05, 4.69) is 20.2 Å². The number of sulfonamides is 1. The topological polar surface area (TPSA) is 121 Å². The van der Waals surface area contributed by atoms with E-state index >= 15 is 0 Å². The van der Waals surface area contributed by atoms with Crippen LogP contribution in [0, 0.1) is 0 Å². The molecular formula is C25H25N5O5S. The molecule has 36 heavy (non-hydrogen) atoms. The predicted molar refractivity (Wildman–Crippen MR) is 134 cm³/mol. The number of furan rings is 1. The van der Waals surface area contributed by atoms with Crippen LogP contribution in [0.25, 0.3) is 27.6 Å². The third-order valence-corrected chi connectivity index (χ3v) is 7.12. The van der Waals surface area contributed by atoms with Crippen molar-refractivity contribution in [2.45, 2.75) is 25.2 Å². The molecule has 11 heteroatoms. The minimum absolute atomic E-state index is 0.170. The molecule has 0 amide bonds. The van der Waals surface area contributed by atoms with Crippen LogP contribution in [0.3, 0.4) is 0 Å². The van der Waals surface area contributed by atoms with Crippen molar-refractivity contribution in [3.05, 3.63) is 66.5 Å². The summed E-state index contributed by atoms with van der Waals surface area (Å²) in [6, 6.07) is 16.0. The number of fused-ring (bicyclic) bond motifs is 3. The molecule has 0 spiro atoms. The summed E-state index contributed by atoms with van der Waals surface area (Å²) in [5.41, 5.74) is 2.89. The van der Waals surface area contributed by atoms with Crippen LogP contribution >= 0.6 is 0 Å². The molecule has 186 valence electrons. The average molecular weight is 508 g/mol. The van der Waals surface area contributed by atoms with Gasteiger partial charge in [0.1, 0.15) is 17.5 Å². The van der Waals surface area contributed by atoms with Crippen molar-refractivity contribution in [3.8, 4) is 17.2 Å². The van der Waals surface area contributed by atoms with E-state index in [1.807, 2.05) is 50.2 Å². The SMILES string of the molecule is CCOc1ccc(CCNS(=O)(=O)c2ccc3oc4cc(-n5cnnn5)ccc4c3c2)cc1OCC. The van der Waals surface area contributed by atoms with Crippen LogP contribution in [-0.4, -0.2) is 48.4 Å². The van der Waals surface area contributed by atoms with Gasteiger partial charge in [0, 0.05) is 23.4 Å². The Bertz CT molecular complexity index is 1610. The van der Waals surface area contributed by atoms with E-state index in [0.717, 1.165) is 16.6 Å². The standard InChI is InChI=1S/C25H25N5O5S/c1-3-33-23-9-5-17(13-25(23)34-4-2)11-12-27-36(31,32)19-7-10-22-21(15-19)20-8-6-18(14-24(20)35-22)30-16-26-28-29-30/h5-10,13-16,27H,3-4,11-12H2,1-2H3. The van der Waals surface area contributed by atoms with Crippen LogP contribution in [0.5, 0.6) is 11.5 Å². The first-order valence-electron chi connectivity index (χ1n) is 11.6. The maximum absolute atomic E-state index is 13.0. The first-order chi connectivity index (χ1) is 17.5. The van der Waals surface area contributed by atoms with Crippen LogP contribution < -0.4 is 14.2 Å². The zero-order valence-corrected chi connectivity index (χ0v) is 20.7. The summed E-state index contributed by atoms with van der Waals surface area (Å²) >= 11 is 0. The maximum atomic E-state index is 13.0. The van der Waals surface area contributed by atoms with Crippen molar-refractivity contribution in [1.29, 1.82) is 0 Å². The number of ether oxygens (including phenoxy) is 2. The lowest BCUT2D eigenvalue weighted by Crippen LogP contribution is -2.26. The highest BCUT2D eigenvalue weighted by Crippen LogP contribution is 2.32. The molecule has 5 rings (SSSR count). The molecule has 0 bridgehead atoms. The Labute approximate surface area is 207 Å². The van der Waals surface area contributed by atoms with E-state index in [1.54, 1.807) is 18.2 Å². The molecule has 0 aliphatic heterocycles. The zero-order chi connectivity index (χ0) is 25.1. The van der Waals surface area contributed by atoms with Crippen molar-refractivity contribution in [2.75, 3.05) is 19.8 Å². The lowest BCUT2D eigenvalue weighted by molar-refractivity contribution is 0.287. The Morgan fingerprint density at radius 1 is 0.917 bits per heavy atom. The van der Waals surface area contributed by atoms with E-state index in [-0.39, 0.29) is 11.4 Å². The number of hydrogen-bond acceptors (Lipinski definition) is 8. The molecule has 0 unspecified atom stereocenters. The Morgan fingerprint density at radius 2 is 1.75 bits per heavy atom. The van der Waals surface area contributed by atoms with Gasteiger partial charge in [-0.1, -0.05) is 6.07 Å². The van der Waals surface area contributed by atoms with Crippen LogP contribution in [-0.2, 0) is 16.4 Å². The first kappa shape index (κ1) is 23.8. The van der Waals surface area contributed by atoms with Gasteiger partial charge in [0.25, 0.3) is 0 Å². The Hall–Kier alpha value is -3.96. The second-order valence-electron chi connectivity index (χ2n) is 7.99. The summed E-state index contributed by atoms with van der Waals surface area (Å²) in [4.78, 5) is 0.170. The predicted octanol–water partition coefficient (Wildman–Crippen LogP) is 3.88. The lowest BCUT2D eigenvalue weighted by atomic mass is 10.1. The Morgan fingerprint density at radius 3 is 2.53 bits per heavy atom.